The minimum Gasteiger partial charge on any atom is -0.396 e. The standard InChI is InChI=1S/C14H20F3N3O/c15-14(16,17)12-2-1-5-18-13(12)19-6-9-20-7-3-11(10-21)4-8-20/h1-2,5,11,21H,3-4,6-10H2,(H,18,19). The monoisotopic (exact) mass is 303 g/mol. The number of likely N-dealkylation sites (tertiary alicyclic amines) is 1. The van der Waals surface area contributed by atoms with Crippen LogP contribution in [-0.4, -0.2) is 47.8 Å². The fourth-order valence-corrected chi connectivity index (χ4v) is 2.50. The largest absolute Gasteiger partial charge is 0.419 e. The Bertz CT molecular complexity index is 445. The molecule has 0 aromatic carbocycles. The van der Waals surface area contributed by atoms with Gasteiger partial charge >= 0.3 is 6.18 Å². The molecule has 2 rings (SSSR count). The van der Waals surface area contributed by atoms with Crippen LogP contribution in [0.3, 0.4) is 0 Å². The van der Waals surface area contributed by atoms with Gasteiger partial charge in [0.25, 0.3) is 0 Å². The van der Waals surface area contributed by atoms with Crippen molar-refractivity contribution in [2.45, 2.75) is 19.0 Å². The van der Waals surface area contributed by atoms with Crippen LogP contribution in [0.4, 0.5) is 19.0 Å². The average Bonchev–Trinajstić information content (AvgIpc) is 2.47. The molecule has 4 nitrogen and oxygen atoms in total. The third-order valence-corrected chi connectivity index (χ3v) is 3.80. The van der Waals surface area contributed by atoms with Crippen molar-refractivity contribution < 1.29 is 18.3 Å². The Kier molecular flexibility index (Phi) is 5.41. The first kappa shape index (κ1) is 16.0. The highest BCUT2D eigenvalue weighted by Crippen LogP contribution is 2.33. The predicted octanol–water partition coefficient (Wildman–Crippen LogP) is 2.22. The van der Waals surface area contributed by atoms with Gasteiger partial charge < -0.3 is 15.3 Å². The van der Waals surface area contributed by atoms with E-state index in [1.54, 1.807) is 0 Å². The van der Waals surface area contributed by atoms with E-state index in [2.05, 4.69) is 15.2 Å². The molecule has 0 unspecified atom stereocenters. The van der Waals surface area contributed by atoms with E-state index in [1.165, 1.54) is 12.3 Å². The van der Waals surface area contributed by atoms with Gasteiger partial charge in [0.1, 0.15) is 5.82 Å². The summed E-state index contributed by atoms with van der Waals surface area (Å²) in [6, 6.07) is 2.32. The van der Waals surface area contributed by atoms with Gasteiger partial charge in [-0.25, -0.2) is 4.98 Å². The second kappa shape index (κ2) is 7.09. The van der Waals surface area contributed by atoms with Gasteiger partial charge in [0.2, 0.25) is 0 Å². The molecule has 1 aliphatic heterocycles. The van der Waals surface area contributed by atoms with Crippen molar-refractivity contribution in [3.63, 3.8) is 0 Å². The summed E-state index contributed by atoms with van der Waals surface area (Å²) in [5.74, 6) is 0.247. The number of nitrogens with one attached hydrogen (secondary N) is 1. The zero-order valence-electron chi connectivity index (χ0n) is 11.7. The molecule has 0 spiro atoms. The maximum atomic E-state index is 12.8. The first-order valence-corrected chi connectivity index (χ1v) is 7.10. The third-order valence-electron chi connectivity index (χ3n) is 3.80. The zero-order valence-corrected chi connectivity index (χ0v) is 11.7. The average molecular weight is 303 g/mol. The van der Waals surface area contributed by atoms with E-state index in [0.717, 1.165) is 32.0 Å². The summed E-state index contributed by atoms with van der Waals surface area (Å²) in [5.41, 5.74) is -0.732. The highest BCUT2D eigenvalue weighted by Gasteiger charge is 2.34. The van der Waals surface area contributed by atoms with Crippen molar-refractivity contribution in [1.29, 1.82) is 0 Å². The van der Waals surface area contributed by atoms with E-state index < -0.39 is 11.7 Å². The first-order chi connectivity index (χ1) is 10.0. The SMILES string of the molecule is OCC1CCN(CCNc2ncccc2C(F)(F)F)CC1. The number of anilines is 1. The fraction of sp³-hybridized carbons (Fsp3) is 0.643. The number of halogens is 3. The summed E-state index contributed by atoms with van der Waals surface area (Å²) >= 11 is 0. The number of pyridine rings is 1. The molecule has 1 aromatic rings. The second-order valence-electron chi connectivity index (χ2n) is 5.29. The summed E-state index contributed by atoms with van der Waals surface area (Å²) in [7, 11) is 0. The minimum absolute atomic E-state index is 0.116. The molecule has 2 heterocycles. The van der Waals surface area contributed by atoms with Gasteiger partial charge in [0.15, 0.2) is 0 Å². The number of aliphatic hydroxyl groups excluding tert-OH is 1. The van der Waals surface area contributed by atoms with E-state index in [1.807, 2.05) is 0 Å². The topological polar surface area (TPSA) is 48.4 Å². The summed E-state index contributed by atoms with van der Waals surface area (Å²) in [6.07, 6.45) is -1.16. The van der Waals surface area contributed by atoms with Crippen LogP contribution in [0.15, 0.2) is 18.3 Å². The Labute approximate surface area is 122 Å². The number of hydrogen-bond donors (Lipinski definition) is 2. The highest BCUT2D eigenvalue weighted by atomic mass is 19.4. The van der Waals surface area contributed by atoms with Crippen molar-refractivity contribution in [2.24, 2.45) is 5.92 Å². The van der Waals surface area contributed by atoms with Gasteiger partial charge in [-0.1, -0.05) is 0 Å². The highest BCUT2D eigenvalue weighted by molar-refractivity contribution is 5.45. The van der Waals surface area contributed by atoms with Crippen LogP contribution >= 0.6 is 0 Å². The number of alkyl halides is 3. The van der Waals surface area contributed by atoms with Gasteiger partial charge in [0.05, 0.1) is 5.56 Å². The van der Waals surface area contributed by atoms with Crippen molar-refractivity contribution in [1.82, 2.24) is 9.88 Å². The first-order valence-electron chi connectivity index (χ1n) is 7.10. The van der Waals surface area contributed by atoms with Crippen LogP contribution in [0.25, 0.3) is 0 Å². The van der Waals surface area contributed by atoms with Crippen molar-refractivity contribution in [3.8, 4) is 0 Å². The molecule has 1 aromatic heterocycles. The Balaban J connectivity index is 1.82. The summed E-state index contributed by atoms with van der Waals surface area (Å²) in [5, 5.41) is 11.8. The number of hydrogen-bond acceptors (Lipinski definition) is 4. The van der Waals surface area contributed by atoms with Crippen molar-refractivity contribution >= 4 is 5.82 Å². The molecule has 0 radical (unpaired) electrons. The molecule has 0 amide bonds. The molecule has 1 aliphatic rings. The lowest BCUT2D eigenvalue weighted by molar-refractivity contribution is -0.137. The molecule has 1 saturated heterocycles. The zero-order chi connectivity index (χ0) is 15.3. The van der Waals surface area contributed by atoms with E-state index >= 15 is 0 Å². The molecular weight excluding hydrogens is 283 g/mol. The summed E-state index contributed by atoms with van der Waals surface area (Å²) in [6.45, 7) is 3.06. The number of aromatic nitrogens is 1. The van der Waals surface area contributed by atoms with Crippen LogP contribution in [0.5, 0.6) is 0 Å². The Morgan fingerprint density at radius 1 is 1.33 bits per heavy atom. The molecule has 21 heavy (non-hydrogen) atoms. The van der Waals surface area contributed by atoms with Gasteiger partial charge in [0, 0.05) is 25.9 Å². The lowest BCUT2D eigenvalue weighted by Gasteiger charge is -2.31. The molecule has 7 heteroatoms. The smallest absolute Gasteiger partial charge is 0.396 e. The predicted molar refractivity (Wildman–Crippen MR) is 74.0 cm³/mol. The maximum Gasteiger partial charge on any atom is 0.419 e. The van der Waals surface area contributed by atoms with Crippen LogP contribution in [0, 0.1) is 5.92 Å². The number of nitrogens with zero attached hydrogens (tertiary/aromatic N) is 2. The van der Waals surface area contributed by atoms with Crippen LogP contribution < -0.4 is 5.32 Å². The van der Waals surface area contributed by atoms with Crippen molar-refractivity contribution in [3.05, 3.63) is 23.9 Å². The van der Waals surface area contributed by atoms with E-state index in [-0.39, 0.29) is 12.4 Å². The lowest BCUT2D eigenvalue weighted by Crippen LogP contribution is -2.37. The number of piperidine rings is 1. The quantitative estimate of drug-likeness (QED) is 0.875. The Morgan fingerprint density at radius 2 is 2.05 bits per heavy atom. The maximum absolute atomic E-state index is 12.8. The molecule has 1 fully saturated rings. The fourth-order valence-electron chi connectivity index (χ4n) is 2.50. The van der Waals surface area contributed by atoms with E-state index in [0.29, 0.717) is 19.0 Å². The van der Waals surface area contributed by atoms with Crippen LogP contribution in [0.2, 0.25) is 0 Å². The van der Waals surface area contributed by atoms with Crippen molar-refractivity contribution in [2.75, 3.05) is 38.1 Å². The summed E-state index contributed by atoms with van der Waals surface area (Å²) in [4.78, 5) is 5.96. The molecule has 0 saturated carbocycles. The van der Waals surface area contributed by atoms with Gasteiger partial charge in [-0.15, -0.1) is 0 Å². The van der Waals surface area contributed by atoms with Crippen LogP contribution in [-0.2, 0) is 6.18 Å². The minimum atomic E-state index is -4.39. The van der Waals surface area contributed by atoms with Gasteiger partial charge in [-0.2, -0.15) is 13.2 Å². The number of rotatable bonds is 5. The third kappa shape index (κ3) is 4.57. The molecule has 118 valence electrons. The molecule has 0 aliphatic carbocycles. The molecule has 0 bridgehead atoms. The lowest BCUT2D eigenvalue weighted by atomic mass is 9.98. The van der Waals surface area contributed by atoms with Gasteiger partial charge in [-0.05, 0) is 44.0 Å². The second-order valence-corrected chi connectivity index (χ2v) is 5.29. The molecule has 0 atom stereocenters. The van der Waals surface area contributed by atoms with E-state index in [4.69, 9.17) is 5.11 Å². The van der Waals surface area contributed by atoms with E-state index in [9.17, 15) is 13.2 Å². The summed E-state index contributed by atoms with van der Waals surface area (Å²) < 4.78 is 38.4. The van der Waals surface area contributed by atoms with Gasteiger partial charge in [-0.3, -0.25) is 0 Å². The molecule has 2 N–H and O–H groups in total. The Hall–Kier alpha value is -1.34. The normalized spacial score (nSPS) is 17.9. The van der Waals surface area contributed by atoms with Crippen LogP contribution in [0.1, 0.15) is 18.4 Å². The number of aliphatic hydroxyl groups is 1. The Morgan fingerprint density at radius 3 is 2.67 bits per heavy atom. The molecular formula is C14H20F3N3O.